The lowest BCUT2D eigenvalue weighted by molar-refractivity contribution is -0.0152. The highest BCUT2D eigenvalue weighted by atomic mass is 16.3. The maximum atomic E-state index is 10.3. The first-order valence-electron chi connectivity index (χ1n) is 6.13. The van der Waals surface area contributed by atoms with Crippen LogP contribution in [0.2, 0.25) is 0 Å². The van der Waals surface area contributed by atoms with E-state index in [0.29, 0.717) is 0 Å². The first-order valence-corrected chi connectivity index (χ1v) is 6.13. The molecule has 0 amide bonds. The van der Waals surface area contributed by atoms with Gasteiger partial charge in [0.05, 0.1) is 5.60 Å². The molecular formula is C12H25NO. The van der Waals surface area contributed by atoms with Crippen LogP contribution in [0, 0.1) is 5.92 Å². The lowest BCUT2D eigenvalue weighted by atomic mass is 9.77. The first-order chi connectivity index (χ1) is 6.70. The van der Waals surface area contributed by atoms with Crippen LogP contribution in [0.5, 0.6) is 0 Å². The minimum atomic E-state index is -0.409. The summed E-state index contributed by atoms with van der Waals surface area (Å²) in [5.41, 5.74) is -0.409. The fraction of sp³-hybridized carbons (Fsp3) is 1.00. The Morgan fingerprint density at radius 2 is 2.21 bits per heavy atom. The summed E-state index contributed by atoms with van der Waals surface area (Å²) in [7, 11) is 0. The number of hydrogen-bond acceptors (Lipinski definition) is 2. The van der Waals surface area contributed by atoms with Crippen molar-refractivity contribution >= 4 is 0 Å². The summed E-state index contributed by atoms with van der Waals surface area (Å²) in [6.07, 6.45) is 6.86. The highest BCUT2D eigenvalue weighted by Gasteiger charge is 2.32. The molecule has 1 saturated carbocycles. The number of hydrogen-bond donors (Lipinski definition) is 2. The van der Waals surface area contributed by atoms with Crippen molar-refractivity contribution in [2.24, 2.45) is 5.92 Å². The Labute approximate surface area is 88.1 Å². The van der Waals surface area contributed by atoms with Gasteiger partial charge in [-0.1, -0.05) is 33.1 Å². The first kappa shape index (κ1) is 12.0. The van der Waals surface area contributed by atoms with Crippen LogP contribution in [0.15, 0.2) is 0 Å². The Hall–Kier alpha value is -0.0800. The maximum absolute atomic E-state index is 10.3. The molecule has 0 aromatic carbocycles. The molecule has 0 bridgehead atoms. The molecule has 1 aliphatic rings. The van der Waals surface area contributed by atoms with Crippen LogP contribution >= 0.6 is 0 Å². The van der Waals surface area contributed by atoms with Crippen molar-refractivity contribution in [3.63, 3.8) is 0 Å². The lowest BCUT2D eigenvalue weighted by Crippen LogP contribution is -2.44. The molecule has 0 radical (unpaired) electrons. The Kier molecular flexibility index (Phi) is 4.90. The zero-order valence-corrected chi connectivity index (χ0v) is 9.68. The van der Waals surface area contributed by atoms with E-state index in [1.165, 1.54) is 19.3 Å². The molecule has 84 valence electrons. The molecule has 2 nitrogen and oxygen atoms in total. The third kappa shape index (κ3) is 3.58. The van der Waals surface area contributed by atoms with E-state index in [9.17, 15) is 5.11 Å². The van der Waals surface area contributed by atoms with E-state index < -0.39 is 5.60 Å². The molecule has 0 aromatic rings. The van der Waals surface area contributed by atoms with Gasteiger partial charge >= 0.3 is 0 Å². The standard InChI is InChI=1S/C12H25NO/c1-3-8-13-10-12(14)7-5-6-11(4-2)9-12/h11,13-14H,3-10H2,1-2H3. The smallest absolute Gasteiger partial charge is 0.0774 e. The third-order valence-electron chi connectivity index (χ3n) is 3.38. The van der Waals surface area contributed by atoms with Gasteiger partial charge in [0, 0.05) is 6.54 Å². The molecule has 1 fully saturated rings. The third-order valence-corrected chi connectivity index (χ3v) is 3.38. The van der Waals surface area contributed by atoms with Gasteiger partial charge < -0.3 is 10.4 Å². The fourth-order valence-electron chi connectivity index (χ4n) is 2.47. The minimum Gasteiger partial charge on any atom is -0.389 e. The van der Waals surface area contributed by atoms with Gasteiger partial charge in [-0.05, 0) is 31.7 Å². The molecule has 0 saturated heterocycles. The van der Waals surface area contributed by atoms with Crippen LogP contribution < -0.4 is 5.32 Å². The summed E-state index contributed by atoms with van der Waals surface area (Å²) in [5.74, 6) is 0.747. The van der Waals surface area contributed by atoms with Crippen molar-refractivity contribution in [1.82, 2.24) is 5.32 Å². The molecule has 0 aliphatic heterocycles. The van der Waals surface area contributed by atoms with E-state index in [1.807, 2.05) is 0 Å². The lowest BCUT2D eigenvalue weighted by Gasteiger charge is -2.36. The highest BCUT2D eigenvalue weighted by molar-refractivity contribution is 4.87. The number of rotatable bonds is 5. The second-order valence-electron chi connectivity index (χ2n) is 4.77. The highest BCUT2D eigenvalue weighted by Crippen LogP contribution is 2.33. The minimum absolute atomic E-state index is 0.409. The number of aliphatic hydroxyl groups is 1. The SMILES string of the molecule is CCCNCC1(O)CCCC(CC)C1. The molecule has 1 aliphatic carbocycles. The van der Waals surface area contributed by atoms with Crippen molar-refractivity contribution in [3.05, 3.63) is 0 Å². The van der Waals surface area contributed by atoms with Crippen LogP contribution in [-0.2, 0) is 0 Å². The Balaban J connectivity index is 2.31. The second-order valence-corrected chi connectivity index (χ2v) is 4.77. The van der Waals surface area contributed by atoms with Gasteiger partial charge in [-0.2, -0.15) is 0 Å². The van der Waals surface area contributed by atoms with Crippen LogP contribution in [0.25, 0.3) is 0 Å². The Bertz CT molecular complexity index is 160. The summed E-state index contributed by atoms with van der Waals surface area (Å²) in [4.78, 5) is 0. The molecular weight excluding hydrogens is 174 g/mol. The van der Waals surface area contributed by atoms with E-state index in [4.69, 9.17) is 0 Å². The molecule has 0 aromatic heterocycles. The van der Waals surface area contributed by atoms with E-state index in [-0.39, 0.29) is 0 Å². The van der Waals surface area contributed by atoms with Crippen LogP contribution in [0.3, 0.4) is 0 Å². The van der Waals surface area contributed by atoms with Gasteiger partial charge in [-0.25, -0.2) is 0 Å². The van der Waals surface area contributed by atoms with Gasteiger partial charge in [0.2, 0.25) is 0 Å². The van der Waals surface area contributed by atoms with Crippen molar-refractivity contribution in [1.29, 1.82) is 0 Å². The summed E-state index contributed by atoms with van der Waals surface area (Å²) in [5, 5.41) is 13.7. The zero-order chi connectivity index (χ0) is 10.4. The van der Waals surface area contributed by atoms with Crippen LogP contribution in [-0.4, -0.2) is 23.8 Å². The molecule has 2 unspecified atom stereocenters. The zero-order valence-electron chi connectivity index (χ0n) is 9.68. The van der Waals surface area contributed by atoms with Crippen molar-refractivity contribution in [2.45, 2.75) is 58.0 Å². The monoisotopic (exact) mass is 199 g/mol. The summed E-state index contributed by atoms with van der Waals surface area (Å²) in [6, 6.07) is 0. The van der Waals surface area contributed by atoms with Crippen LogP contribution in [0.1, 0.15) is 52.4 Å². The molecule has 1 rings (SSSR count). The maximum Gasteiger partial charge on any atom is 0.0774 e. The summed E-state index contributed by atoms with van der Waals surface area (Å²) in [6.45, 7) is 6.21. The van der Waals surface area contributed by atoms with Gasteiger partial charge in [-0.15, -0.1) is 0 Å². The number of nitrogens with one attached hydrogen (secondary N) is 1. The van der Waals surface area contributed by atoms with E-state index in [2.05, 4.69) is 19.2 Å². The summed E-state index contributed by atoms with van der Waals surface area (Å²) >= 11 is 0. The fourth-order valence-corrected chi connectivity index (χ4v) is 2.47. The quantitative estimate of drug-likeness (QED) is 0.666. The topological polar surface area (TPSA) is 32.3 Å². The molecule has 0 heterocycles. The van der Waals surface area contributed by atoms with Gasteiger partial charge in [-0.3, -0.25) is 0 Å². The van der Waals surface area contributed by atoms with E-state index in [0.717, 1.165) is 38.3 Å². The second kappa shape index (κ2) is 5.72. The summed E-state index contributed by atoms with van der Waals surface area (Å²) < 4.78 is 0. The Morgan fingerprint density at radius 3 is 2.86 bits per heavy atom. The van der Waals surface area contributed by atoms with Crippen molar-refractivity contribution in [3.8, 4) is 0 Å². The Morgan fingerprint density at radius 1 is 1.43 bits per heavy atom. The average molecular weight is 199 g/mol. The molecule has 2 N–H and O–H groups in total. The molecule has 14 heavy (non-hydrogen) atoms. The molecule has 2 atom stereocenters. The van der Waals surface area contributed by atoms with E-state index in [1.54, 1.807) is 0 Å². The van der Waals surface area contributed by atoms with Gasteiger partial charge in [0.15, 0.2) is 0 Å². The average Bonchev–Trinajstić information content (AvgIpc) is 2.18. The predicted octanol–water partition coefficient (Wildman–Crippen LogP) is 2.32. The predicted molar refractivity (Wildman–Crippen MR) is 60.4 cm³/mol. The van der Waals surface area contributed by atoms with Gasteiger partial charge in [0.1, 0.15) is 0 Å². The molecule has 2 heteroatoms. The van der Waals surface area contributed by atoms with Crippen molar-refractivity contribution in [2.75, 3.05) is 13.1 Å². The van der Waals surface area contributed by atoms with Crippen LogP contribution in [0.4, 0.5) is 0 Å². The molecule has 0 spiro atoms. The van der Waals surface area contributed by atoms with Gasteiger partial charge in [0.25, 0.3) is 0 Å². The van der Waals surface area contributed by atoms with Crippen molar-refractivity contribution < 1.29 is 5.11 Å². The largest absolute Gasteiger partial charge is 0.389 e. The van der Waals surface area contributed by atoms with E-state index >= 15 is 0 Å². The normalized spacial score (nSPS) is 33.2.